The molecule has 0 unspecified atom stereocenters. The van der Waals surface area contributed by atoms with E-state index in [0.717, 1.165) is 42.7 Å². The van der Waals surface area contributed by atoms with Gasteiger partial charge >= 0.3 is 0 Å². The van der Waals surface area contributed by atoms with Crippen molar-refractivity contribution in [2.75, 3.05) is 63.2 Å². The minimum absolute atomic E-state index is 0.356. The lowest BCUT2D eigenvalue weighted by Gasteiger charge is -2.37. The van der Waals surface area contributed by atoms with Crippen LogP contribution < -0.4 is 25.6 Å². The highest BCUT2D eigenvalue weighted by molar-refractivity contribution is 9.10. The van der Waals surface area contributed by atoms with Gasteiger partial charge in [0.2, 0.25) is 5.95 Å². The van der Waals surface area contributed by atoms with Crippen molar-refractivity contribution in [3.63, 3.8) is 0 Å². The third kappa shape index (κ3) is 6.54. The molecule has 0 amide bonds. The van der Waals surface area contributed by atoms with E-state index in [1.807, 2.05) is 18.2 Å². The Hall–Kier alpha value is -3.99. The maximum Gasteiger partial charge on any atom is 0.229 e. The van der Waals surface area contributed by atoms with Gasteiger partial charge in [0.15, 0.2) is 0 Å². The van der Waals surface area contributed by atoms with Gasteiger partial charge in [-0.05, 0) is 80.5 Å². The molecule has 6 rings (SSSR count). The first kappa shape index (κ1) is 31.0. The molecule has 13 heteroatoms. The Morgan fingerprint density at radius 3 is 2.51 bits per heavy atom. The van der Waals surface area contributed by atoms with E-state index < -0.39 is 7.14 Å². The van der Waals surface area contributed by atoms with E-state index in [0.29, 0.717) is 55.7 Å². The lowest BCUT2D eigenvalue weighted by molar-refractivity contribution is 0.249. The molecule has 1 saturated heterocycles. The number of rotatable bonds is 9. The Labute approximate surface area is 270 Å². The smallest absolute Gasteiger partial charge is 0.229 e. The summed E-state index contributed by atoms with van der Waals surface area (Å²) in [4.78, 5) is 22.9. The van der Waals surface area contributed by atoms with E-state index in [1.54, 1.807) is 51.6 Å². The number of aromatic nitrogens is 4. The van der Waals surface area contributed by atoms with Crippen LogP contribution in [0.2, 0.25) is 0 Å². The molecular weight excluding hydrogens is 655 g/mol. The van der Waals surface area contributed by atoms with Crippen molar-refractivity contribution < 1.29 is 13.7 Å². The SMILES string of the molecule is COc1cc(N2CCC(N(C)C)CC2)c(-c2ccoc2)cc1Nc1ncc(Br)c(Nc2ccc3nccnc3c2P(C)(C)=O)n1. The summed E-state index contributed by atoms with van der Waals surface area (Å²) >= 11 is 3.57. The topological polar surface area (TPSA) is 122 Å². The van der Waals surface area contributed by atoms with Crippen LogP contribution in [0.1, 0.15) is 12.8 Å². The highest BCUT2D eigenvalue weighted by Gasteiger charge is 2.25. The Balaban J connectivity index is 1.34. The number of anilines is 5. The maximum atomic E-state index is 13.4. The first-order chi connectivity index (χ1) is 21.6. The van der Waals surface area contributed by atoms with Gasteiger partial charge in [0, 0.05) is 60.6 Å². The molecule has 45 heavy (non-hydrogen) atoms. The molecule has 0 spiro atoms. The maximum absolute atomic E-state index is 13.4. The fourth-order valence-corrected chi connectivity index (χ4v) is 7.48. The van der Waals surface area contributed by atoms with Gasteiger partial charge in [-0.1, -0.05) is 0 Å². The second kappa shape index (κ2) is 12.8. The van der Waals surface area contributed by atoms with Crippen LogP contribution in [-0.4, -0.2) is 78.5 Å². The van der Waals surface area contributed by atoms with Crippen molar-refractivity contribution in [3.05, 3.63) is 65.9 Å². The van der Waals surface area contributed by atoms with E-state index in [-0.39, 0.29) is 0 Å². The van der Waals surface area contributed by atoms with Crippen LogP contribution in [0.15, 0.2) is 70.3 Å². The summed E-state index contributed by atoms with van der Waals surface area (Å²) in [5, 5.41) is 7.34. The summed E-state index contributed by atoms with van der Waals surface area (Å²) in [5.74, 6) is 1.52. The van der Waals surface area contributed by atoms with Gasteiger partial charge in [0.05, 0.1) is 46.3 Å². The molecule has 0 saturated carbocycles. The zero-order valence-corrected chi connectivity index (χ0v) is 28.4. The van der Waals surface area contributed by atoms with E-state index in [2.05, 4.69) is 77.5 Å². The number of halogens is 1. The molecule has 2 N–H and O–H groups in total. The quantitative estimate of drug-likeness (QED) is 0.160. The molecule has 234 valence electrons. The van der Waals surface area contributed by atoms with Crippen molar-refractivity contribution in [1.82, 2.24) is 24.8 Å². The lowest BCUT2D eigenvalue weighted by atomic mass is 9.99. The van der Waals surface area contributed by atoms with Crippen molar-refractivity contribution in [3.8, 4) is 16.9 Å². The largest absolute Gasteiger partial charge is 0.494 e. The molecule has 11 nitrogen and oxygen atoms in total. The average Bonchev–Trinajstić information content (AvgIpc) is 3.57. The number of furan rings is 1. The molecule has 1 aliphatic heterocycles. The average molecular weight is 692 g/mol. The molecule has 5 aromatic rings. The van der Waals surface area contributed by atoms with E-state index >= 15 is 0 Å². The Kier molecular flexibility index (Phi) is 8.81. The fourth-order valence-electron chi connectivity index (χ4n) is 5.80. The predicted molar refractivity (Wildman–Crippen MR) is 185 cm³/mol. The zero-order valence-electron chi connectivity index (χ0n) is 25.9. The molecule has 0 bridgehead atoms. The van der Waals surface area contributed by atoms with Crippen LogP contribution in [0.3, 0.4) is 0 Å². The lowest BCUT2D eigenvalue weighted by Crippen LogP contribution is -2.42. The summed E-state index contributed by atoms with van der Waals surface area (Å²) in [7, 11) is 3.20. The third-order valence-electron chi connectivity index (χ3n) is 8.08. The highest BCUT2D eigenvalue weighted by Crippen LogP contribution is 2.43. The Morgan fingerprint density at radius 1 is 1.04 bits per heavy atom. The summed E-state index contributed by atoms with van der Waals surface area (Å²) in [6, 6.07) is 10.4. The number of hydrogen-bond acceptors (Lipinski definition) is 11. The normalized spacial score (nSPS) is 14.2. The number of methoxy groups -OCH3 is 1. The highest BCUT2D eigenvalue weighted by atomic mass is 79.9. The first-order valence-electron chi connectivity index (χ1n) is 14.6. The molecule has 0 aliphatic carbocycles. The van der Waals surface area contributed by atoms with E-state index in [4.69, 9.17) is 14.1 Å². The van der Waals surface area contributed by atoms with Gasteiger partial charge in [-0.2, -0.15) is 4.98 Å². The number of benzene rings is 2. The minimum Gasteiger partial charge on any atom is -0.494 e. The van der Waals surface area contributed by atoms with Gasteiger partial charge in [-0.25, -0.2) is 4.98 Å². The number of piperidine rings is 1. The van der Waals surface area contributed by atoms with Crippen molar-refractivity contribution in [2.45, 2.75) is 18.9 Å². The first-order valence-corrected chi connectivity index (χ1v) is 18.0. The van der Waals surface area contributed by atoms with E-state index in [1.165, 1.54) is 0 Å². The molecule has 0 radical (unpaired) electrons. The van der Waals surface area contributed by atoms with Crippen LogP contribution in [-0.2, 0) is 4.57 Å². The van der Waals surface area contributed by atoms with Crippen LogP contribution in [0.4, 0.5) is 28.8 Å². The van der Waals surface area contributed by atoms with Crippen LogP contribution in [0.25, 0.3) is 22.2 Å². The minimum atomic E-state index is -2.76. The van der Waals surface area contributed by atoms with Crippen molar-refractivity contribution in [1.29, 1.82) is 0 Å². The van der Waals surface area contributed by atoms with Gasteiger partial charge in [0.1, 0.15) is 24.2 Å². The van der Waals surface area contributed by atoms with Gasteiger partial charge < -0.3 is 34.2 Å². The second-order valence-electron chi connectivity index (χ2n) is 11.6. The molecular formula is C32H36BrN8O3P. The Bertz CT molecular complexity index is 1870. The van der Waals surface area contributed by atoms with Gasteiger partial charge in [-0.15, -0.1) is 0 Å². The summed E-state index contributed by atoms with van der Waals surface area (Å²) in [6.07, 6.45) is 10.5. The van der Waals surface area contributed by atoms with Gasteiger partial charge in [0.25, 0.3) is 0 Å². The van der Waals surface area contributed by atoms with Crippen LogP contribution >= 0.6 is 23.1 Å². The van der Waals surface area contributed by atoms with Crippen LogP contribution in [0.5, 0.6) is 5.75 Å². The number of fused-ring (bicyclic) bond motifs is 1. The molecule has 1 fully saturated rings. The van der Waals surface area contributed by atoms with E-state index in [9.17, 15) is 4.57 Å². The number of nitrogens with one attached hydrogen (secondary N) is 2. The summed E-state index contributed by atoms with van der Waals surface area (Å²) < 4.78 is 25.4. The van der Waals surface area contributed by atoms with Gasteiger partial charge in [-0.3, -0.25) is 9.97 Å². The molecule has 3 aromatic heterocycles. The summed E-state index contributed by atoms with van der Waals surface area (Å²) in [6.45, 7) is 5.34. The Morgan fingerprint density at radius 2 is 1.82 bits per heavy atom. The zero-order chi connectivity index (χ0) is 31.7. The second-order valence-corrected chi connectivity index (χ2v) is 15.6. The molecule has 0 atom stereocenters. The molecule has 4 heterocycles. The van der Waals surface area contributed by atoms with Crippen molar-refractivity contribution >= 4 is 68.2 Å². The number of ether oxygens (including phenoxy) is 1. The van der Waals surface area contributed by atoms with Crippen LogP contribution in [0, 0.1) is 0 Å². The number of nitrogens with zero attached hydrogens (tertiary/aromatic N) is 6. The fraction of sp³-hybridized carbons (Fsp3) is 0.312. The predicted octanol–water partition coefficient (Wildman–Crippen LogP) is 6.72. The van der Waals surface area contributed by atoms with Crippen molar-refractivity contribution in [2.24, 2.45) is 0 Å². The monoisotopic (exact) mass is 690 g/mol. The molecule has 1 aliphatic rings. The summed E-state index contributed by atoms with van der Waals surface area (Å²) in [5.41, 5.74) is 5.71. The molecule has 2 aromatic carbocycles. The third-order valence-corrected chi connectivity index (χ3v) is 10.2. The standard InChI is InChI=1S/C32H36BrN8O3P/c1-40(2)21-8-13-41(14-9-21)27-17-28(43-3)26(16-22(27)20-10-15-44-19-20)38-32-36-18-23(33)31(39-32)37-25-7-6-24-29(35-12-11-34-24)30(25)45(4,5)42/h6-7,10-12,15-19,21H,8-9,13-14H2,1-5H3,(H2,36,37,38,39). The number of hydrogen-bond donors (Lipinski definition) is 2.